The Kier molecular flexibility index (Phi) is 6.01. The van der Waals surface area contributed by atoms with E-state index in [1.165, 1.54) is 13.5 Å². The average Bonchev–Trinajstić information content (AvgIpc) is 3.30. The van der Waals surface area contributed by atoms with Gasteiger partial charge >= 0.3 is 0 Å². The number of methoxy groups -OCH3 is 2. The fourth-order valence-electron chi connectivity index (χ4n) is 3.70. The third-order valence-electron chi connectivity index (χ3n) is 5.36. The third kappa shape index (κ3) is 4.60. The van der Waals surface area contributed by atoms with Crippen molar-refractivity contribution >= 4 is 17.4 Å². The summed E-state index contributed by atoms with van der Waals surface area (Å²) in [6, 6.07) is 7.11. The highest BCUT2D eigenvalue weighted by Gasteiger charge is 2.19. The normalized spacial score (nSPS) is 16.1. The summed E-state index contributed by atoms with van der Waals surface area (Å²) in [6.45, 7) is 4.23. The number of carbonyl (C=O) groups excluding carboxylic acids is 1. The number of nitrogens with zero attached hydrogens (tertiary/aromatic N) is 5. The maximum Gasteiger partial charge on any atom is 0.275 e. The number of piperidine rings is 1. The van der Waals surface area contributed by atoms with Crippen molar-refractivity contribution < 1.29 is 14.3 Å². The Morgan fingerprint density at radius 3 is 2.74 bits per heavy atom. The predicted molar refractivity (Wildman–Crippen MR) is 117 cm³/mol. The van der Waals surface area contributed by atoms with Crippen LogP contribution < -0.4 is 19.7 Å². The largest absolute Gasteiger partial charge is 0.497 e. The molecule has 162 valence electrons. The van der Waals surface area contributed by atoms with E-state index in [1.807, 2.05) is 6.07 Å². The van der Waals surface area contributed by atoms with Crippen molar-refractivity contribution in [2.45, 2.75) is 19.8 Å². The van der Waals surface area contributed by atoms with Gasteiger partial charge in [0.15, 0.2) is 0 Å². The SMILES string of the molecule is COc1ccc(NC(=O)c2cn(-c3cc(N4CCC[C@H](C)C4)ncn3)cn2)c(OC)c1. The number of carbonyl (C=O) groups is 1. The van der Waals surface area contributed by atoms with E-state index >= 15 is 0 Å². The van der Waals surface area contributed by atoms with E-state index in [-0.39, 0.29) is 11.6 Å². The summed E-state index contributed by atoms with van der Waals surface area (Å²) in [5.74, 6) is 2.99. The summed E-state index contributed by atoms with van der Waals surface area (Å²) in [5.41, 5.74) is 0.802. The Hall–Kier alpha value is -3.62. The fourth-order valence-corrected chi connectivity index (χ4v) is 3.70. The van der Waals surface area contributed by atoms with Crippen LogP contribution in [0.1, 0.15) is 30.3 Å². The smallest absolute Gasteiger partial charge is 0.275 e. The van der Waals surface area contributed by atoms with E-state index in [9.17, 15) is 4.79 Å². The van der Waals surface area contributed by atoms with Crippen LogP contribution in [-0.4, -0.2) is 52.7 Å². The minimum absolute atomic E-state index is 0.268. The van der Waals surface area contributed by atoms with Crippen molar-refractivity contribution in [3.05, 3.63) is 48.8 Å². The first kappa shape index (κ1) is 20.6. The topological polar surface area (TPSA) is 94.4 Å². The van der Waals surface area contributed by atoms with Crippen LogP contribution in [0.2, 0.25) is 0 Å². The number of hydrogen-bond acceptors (Lipinski definition) is 7. The van der Waals surface area contributed by atoms with Gasteiger partial charge in [-0.3, -0.25) is 9.36 Å². The highest BCUT2D eigenvalue weighted by Crippen LogP contribution is 2.29. The monoisotopic (exact) mass is 422 g/mol. The molecule has 1 saturated heterocycles. The van der Waals surface area contributed by atoms with Crippen LogP contribution in [0.5, 0.6) is 11.5 Å². The maximum atomic E-state index is 12.7. The number of aromatic nitrogens is 4. The maximum absolute atomic E-state index is 12.7. The van der Waals surface area contributed by atoms with E-state index in [0.29, 0.717) is 28.9 Å². The molecule has 9 nitrogen and oxygen atoms in total. The molecule has 1 aliphatic heterocycles. The molecular weight excluding hydrogens is 396 g/mol. The van der Waals surface area contributed by atoms with Crippen molar-refractivity contribution in [3.63, 3.8) is 0 Å². The van der Waals surface area contributed by atoms with Gasteiger partial charge in [0.1, 0.15) is 41.5 Å². The molecule has 0 spiro atoms. The number of amides is 1. The zero-order chi connectivity index (χ0) is 21.8. The molecule has 2 aromatic heterocycles. The standard InChI is InChI=1S/C22H26N6O3/c1-15-5-4-8-27(11-15)20-10-21(24-13-23-20)28-12-18(25-14-28)22(29)26-17-7-6-16(30-2)9-19(17)31-3/h6-7,9-10,12-15H,4-5,8,11H2,1-3H3,(H,26,29)/t15-/m0/s1. The highest BCUT2D eigenvalue weighted by molar-refractivity contribution is 6.03. The second-order valence-electron chi connectivity index (χ2n) is 7.61. The number of anilines is 2. The minimum Gasteiger partial charge on any atom is -0.497 e. The molecule has 0 unspecified atom stereocenters. The molecule has 1 fully saturated rings. The van der Waals surface area contributed by atoms with Crippen LogP contribution in [0.15, 0.2) is 43.1 Å². The molecule has 1 amide bonds. The summed E-state index contributed by atoms with van der Waals surface area (Å²) >= 11 is 0. The van der Waals surface area contributed by atoms with Crippen molar-refractivity contribution in [1.82, 2.24) is 19.5 Å². The zero-order valence-electron chi connectivity index (χ0n) is 17.9. The summed E-state index contributed by atoms with van der Waals surface area (Å²) in [7, 11) is 3.11. The van der Waals surface area contributed by atoms with Gasteiger partial charge in [-0.1, -0.05) is 6.92 Å². The minimum atomic E-state index is -0.346. The van der Waals surface area contributed by atoms with E-state index in [2.05, 4.69) is 32.1 Å². The molecule has 4 rings (SSSR count). The number of hydrogen-bond donors (Lipinski definition) is 1. The number of nitrogens with one attached hydrogen (secondary N) is 1. The first-order chi connectivity index (χ1) is 15.1. The Bertz CT molecular complexity index is 1070. The Balaban J connectivity index is 1.51. The Morgan fingerprint density at radius 1 is 1.13 bits per heavy atom. The molecule has 31 heavy (non-hydrogen) atoms. The van der Waals surface area contributed by atoms with Crippen molar-refractivity contribution in [3.8, 4) is 17.3 Å². The van der Waals surface area contributed by atoms with Gasteiger partial charge in [-0.25, -0.2) is 15.0 Å². The quantitative estimate of drug-likeness (QED) is 0.652. The molecule has 0 radical (unpaired) electrons. The average molecular weight is 422 g/mol. The molecule has 3 heterocycles. The molecule has 9 heteroatoms. The second-order valence-corrected chi connectivity index (χ2v) is 7.61. The summed E-state index contributed by atoms with van der Waals surface area (Å²) in [4.78, 5) is 28.0. The molecule has 1 N–H and O–H groups in total. The summed E-state index contributed by atoms with van der Waals surface area (Å²) in [6.07, 6.45) is 7.17. The van der Waals surface area contributed by atoms with Crippen molar-refractivity contribution in [2.75, 3.05) is 37.5 Å². The number of imidazole rings is 1. The molecule has 0 saturated carbocycles. The van der Waals surface area contributed by atoms with Gasteiger partial charge in [0.05, 0.1) is 19.9 Å². The lowest BCUT2D eigenvalue weighted by Crippen LogP contribution is -2.34. The van der Waals surface area contributed by atoms with Gasteiger partial charge in [-0.2, -0.15) is 0 Å². The number of ether oxygens (including phenoxy) is 2. The van der Waals surface area contributed by atoms with Crippen LogP contribution in [-0.2, 0) is 0 Å². The van der Waals surface area contributed by atoms with Crippen LogP contribution in [0.4, 0.5) is 11.5 Å². The van der Waals surface area contributed by atoms with Crippen LogP contribution >= 0.6 is 0 Å². The van der Waals surface area contributed by atoms with Crippen LogP contribution in [0.3, 0.4) is 0 Å². The third-order valence-corrected chi connectivity index (χ3v) is 5.36. The molecular formula is C22H26N6O3. The van der Waals surface area contributed by atoms with Crippen molar-refractivity contribution in [1.29, 1.82) is 0 Å². The lowest BCUT2D eigenvalue weighted by Gasteiger charge is -2.31. The predicted octanol–water partition coefficient (Wildman–Crippen LogP) is 3.17. The number of rotatable bonds is 6. The highest BCUT2D eigenvalue weighted by atomic mass is 16.5. The molecule has 0 bridgehead atoms. The lowest BCUT2D eigenvalue weighted by molar-refractivity contribution is 0.102. The van der Waals surface area contributed by atoms with Gasteiger partial charge in [-0.05, 0) is 30.9 Å². The lowest BCUT2D eigenvalue weighted by atomic mass is 10.0. The van der Waals surface area contributed by atoms with Gasteiger partial charge < -0.3 is 19.7 Å². The van der Waals surface area contributed by atoms with E-state index < -0.39 is 0 Å². The Labute approximate surface area is 181 Å². The van der Waals surface area contributed by atoms with E-state index in [4.69, 9.17) is 9.47 Å². The van der Waals surface area contributed by atoms with Gasteiger partial charge in [0.25, 0.3) is 5.91 Å². The van der Waals surface area contributed by atoms with Crippen LogP contribution in [0, 0.1) is 5.92 Å². The first-order valence-corrected chi connectivity index (χ1v) is 10.2. The second kappa shape index (κ2) is 9.03. The Morgan fingerprint density at radius 2 is 1.97 bits per heavy atom. The number of benzene rings is 1. The fraction of sp³-hybridized carbons (Fsp3) is 0.364. The van der Waals surface area contributed by atoms with Gasteiger partial charge in [0.2, 0.25) is 0 Å². The molecule has 1 aliphatic rings. The molecule has 1 atom stereocenters. The first-order valence-electron chi connectivity index (χ1n) is 10.2. The van der Waals surface area contributed by atoms with E-state index in [0.717, 1.165) is 25.3 Å². The summed E-state index contributed by atoms with van der Waals surface area (Å²) < 4.78 is 12.2. The molecule has 1 aromatic carbocycles. The zero-order valence-corrected chi connectivity index (χ0v) is 17.9. The van der Waals surface area contributed by atoms with Crippen molar-refractivity contribution in [2.24, 2.45) is 5.92 Å². The van der Waals surface area contributed by atoms with Gasteiger partial charge in [-0.15, -0.1) is 0 Å². The molecule has 0 aliphatic carbocycles. The summed E-state index contributed by atoms with van der Waals surface area (Å²) in [5, 5.41) is 2.83. The van der Waals surface area contributed by atoms with Crippen LogP contribution in [0.25, 0.3) is 5.82 Å². The van der Waals surface area contributed by atoms with Gasteiger partial charge in [0, 0.05) is 31.4 Å². The van der Waals surface area contributed by atoms with E-state index in [1.54, 1.807) is 48.7 Å². The molecule has 3 aromatic rings.